The van der Waals surface area contributed by atoms with Gasteiger partial charge in [0.15, 0.2) is 0 Å². The third-order valence-electron chi connectivity index (χ3n) is 6.31. The zero-order valence-electron chi connectivity index (χ0n) is 20.5. The van der Waals surface area contributed by atoms with Gasteiger partial charge in [0.1, 0.15) is 11.6 Å². The van der Waals surface area contributed by atoms with Gasteiger partial charge in [-0.25, -0.2) is 9.37 Å². The number of unbranched alkanes of at least 4 members (excludes halogenated alkanes) is 3. The van der Waals surface area contributed by atoms with Crippen LogP contribution < -0.4 is 5.56 Å². The number of hydrogen-bond donors (Lipinski definition) is 0. The molecule has 0 radical (unpaired) electrons. The van der Waals surface area contributed by atoms with Gasteiger partial charge in [0.2, 0.25) is 0 Å². The minimum absolute atomic E-state index is 0.200. The minimum atomic E-state index is -0.539. The molecule has 0 N–H and O–H groups in total. The van der Waals surface area contributed by atoms with E-state index in [1.54, 1.807) is 27.7 Å². The second-order valence-electron chi connectivity index (χ2n) is 8.85. The highest BCUT2D eigenvalue weighted by atomic mass is 79.9. The lowest BCUT2D eigenvalue weighted by atomic mass is 10.1. The lowest BCUT2D eigenvalue weighted by molar-refractivity contribution is 0.0676. The summed E-state index contributed by atoms with van der Waals surface area (Å²) >= 11 is 3.45. The van der Waals surface area contributed by atoms with Gasteiger partial charge in [-0.15, -0.1) is 0 Å². The molecule has 4 rings (SSSR count). The van der Waals surface area contributed by atoms with E-state index in [0.717, 1.165) is 30.2 Å². The van der Waals surface area contributed by atoms with E-state index in [2.05, 4.69) is 22.9 Å². The SMILES string of the molecule is CCCCCCN(C(=O)c1cccc(F)c1)C(C)c1nc2ccccc2c(=O)n1-c1ccc(Br)cc1. The van der Waals surface area contributed by atoms with E-state index in [4.69, 9.17) is 4.98 Å². The Bertz CT molecular complexity index is 1420. The van der Waals surface area contributed by atoms with Crippen LogP contribution in [-0.4, -0.2) is 26.9 Å². The third-order valence-corrected chi connectivity index (χ3v) is 6.84. The summed E-state index contributed by atoms with van der Waals surface area (Å²) in [6, 6.07) is 19.8. The zero-order chi connectivity index (χ0) is 25.7. The molecule has 5 nitrogen and oxygen atoms in total. The maximum Gasteiger partial charge on any atom is 0.266 e. The molecule has 7 heteroatoms. The second-order valence-corrected chi connectivity index (χ2v) is 9.77. The third kappa shape index (κ3) is 5.57. The number of carbonyl (C=O) groups excluding carboxylic acids is 1. The molecule has 1 amide bonds. The average Bonchev–Trinajstić information content (AvgIpc) is 2.89. The molecule has 186 valence electrons. The molecule has 0 aliphatic heterocycles. The molecule has 4 aromatic rings. The largest absolute Gasteiger partial charge is 0.329 e. The number of amides is 1. The van der Waals surface area contributed by atoms with Crippen LogP contribution in [0.5, 0.6) is 0 Å². The molecule has 36 heavy (non-hydrogen) atoms. The highest BCUT2D eigenvalue weighted by Crippen LogP contribution is 2.26. The molecular weight excluding hydrogens is 521 g/mol. The Balaban J connectivity index is 1.85. The van der Waals surface area contributed by atoms with Gasteiger partial charge in [0, 0.05) is 16.6 Å². The highest BCUT2D eigenvalue weighted by molar-refractivity contribution is 9.10. The van der Waals surface area contributed by atoms with Crippen LogP contribution in [0.1, 0.15) is 61.8 Å². The molecule has 1 aromatic heterocycles. The van der Waals surface area contributed by atoms with E-state index >= 15 is 0 Å². The van der Waals surface area contributed by atoms with Gasteiger partial charge in [-0.3, -0.25) is 14.2 Å². The van der Waals surface area contributed by atoms with Crippen LogP contribution in [0.15, 0.2) is 82.1 Å². The fourth-order valence-electron chi connectivity index (χ4n) is 4.38. The molecule has 3 aromatic carbocycles. The number of fused-ring (bicyclic) bond motifs is 1. The van der Waals surface area contributed by atoms with Crippen molar-refractivity contribution >= 4 is 32.7 Å². The first-order chi connectivity index (χ1) is 17.4. The molecule has 0 saturated heterocycles. The molecular formula is C29H29BrFN3O2. The number of nitrogens with zero attached hydrogens (tertiary/aromatic N) is 3. The molecule has 0 saturated carbocycles. The number of aromatic nitrogens is 2. The van der Waals surface area contributed by atoms with Crippen LogP contribution in [0.4, 0.5) is 4.39 Å². The summed E-state index contributed by atoms with van der Waals surface area (Å²) in [6.07, 6.45) is 3.91. The van der Waals surface area contributed by atoms with Gasteiger partial charge in [-0.05, 0) is 67.9 Å². The van der Waals surface area contributed by atoms with Crippen molar-refractivity contribution in [3.8, 4) is 5.69 Å². The van der Waals surface area contributed by atoms with Gasteiger partial charge in [-0.1, -0.05) is 60.3 Å². The fraction of sp³-hybridized carbons (Fsp3) is 0.276. The Hall–Kier alpha value is -3.32. The van der Waals surface area contributed by atoms with E-state index in [1.807, 2.05) is 43.3 Å². The summed E-state index contributed by atoms with van der Waals surface area (Å²) in [6.45, 7) is 4.48. The molecule has 1 unspecified atom stereocenters. The van der Waals surface area contributed by atoms with Crippen molar-refractivity contribution < 1.29 is 9.18 Å². The lowest BCUT2D eigenvalue weighted by Crippen LogP contribution is -2.38. The monoisotopic (exact) mass is 549 g/mol. The summed E-state index contributed by atoms with van der Waals surface area (Å²) < 4.78 is 16.5. The predicted octanol–water partition coefficient (Wildman–Crippen LogP) is 7.07. The van der Waals surface area contributed by atoms with Crippen molar-refractivity contribution in [2.45, 2.75) is 45.6 Å². The number of carbonyl (C=O) groups is 1. The van der Waals surface area contributed by atoms with E-state index in [9.17, 15) is 14.0 Å². The standard InChI is InChI=1S/C29H29BrFN3O2/c1-3-4-5-8-18-33(28(35)21-10-9-11-23(31)19-21)20(2)27-32-26-13-7-6-12-25(26)29(36)34(27)24-16-14-22(30)15-17-24/h6-7,9-17,19-20H,3-5,8,18H2,1-2H3. The van der Waals surface area contributed by atoms with Crippen LogP contribution in [-0.2, 0) is 0 Å². The summed E-state index contributed by atoms with van der Waals surface area (Å²) in [7, 11) is 0. The summed E-state index contributed by atoms with van der Waals surface area (Å²) in [4.78, 5) is 33.9. The first-order valence-corrected chi connectivity index (χ1v) is 13.0. The van der Waals surface area contributed by atoms with E-state index < -0.39 is 11.9 Å². The molecule has 1 heterocycles. The van der Waals surface area contributed by atoms with Crippen LogP contribution in [0.2, 0.25) is 0 Å². The number of hydrogen-bond acceptors (Lipinski definition) is 3. The van der Waals surface area contributed by atoms with E-state index in [-0.39, 0.29) is 17.0 Å². The van der Waals surface area contributed by atoms with Crippen LogP contribution in [0.3, 0.4) is 0 Å². The maximum atomic E-state index is 14.0. The van der Waals surface area contributed by atoms with Gasteiger partial charge in [-0.2, -0.15) is 0 Å². The Labute approximate surface area is 218 Å². The zero-order valence-corrected chi connectivity index (χ0v) is 22.0. The summed E-state index contributed by atoms with van der Waals surface area (Å²) in [5.74, 6) is -0.292. The fourth-order valence-corrected chi connectivity index (χ4v) is 4.64. The maximum absolute atomic E-state index is 14.0. The van der Waals surface area contributed by atoms with Gasteiger partial charge in [0.05, 0.1) is 22.6 Å². The Morgan fingerprint density at radius 3 is 2.50 bits per heavy atom. The normalized spacial score (nSPS) is 12.0. The molecule has 1 atom stereocenters. The van der Waals surface area contributed by atoms with E-state index in [0.29, 0.717) is 29.0 Å². The Kier molecular flexibility index (Phi) is 8.31. The number of rotatable bonds is 9. The van der Waals surface area contributed by atoms with Crippen molar-refractivity contribution in [2.24, 2.45) is 0 Å². The van der Waals surface area contributed by atoms with Crippen LogP contribution in [0.25, 0.3) is 16.6 Å². The molecule has 0 spiro atoms. The molecule has 0 bridgehead atoms. The van der Waals surface area contributed by atoms with Crippen molar-refractivity contribution in [3.05, 3.63) is 105 Å². The minimum Gasteiger partial charge on any atom is -0.329 e. The Morgan fingerprint density at radius 2 is 1.78 bits per heavy atom. The van der Waals surface area contributed by atoms with Gasteiger partial charge in [0.25, 0.3) is 11.5 Å². The topological polar surface area (TPSA) is 55.2 Å². The smallest absolute Gasteiger partial charge is 0.266 e. The summed E-state index contributed by atoms with van der Waals surface area (Å²) in [5.41, 5.74) is 1.30. The molecule has 0 aliphatic carbocycles. The first kappa shape index (κ1) is 25.8. The van der Waals surface area contributed by atoms with Crippen molar-refractivity contribution in [3.63, 3.8) is 0 Å². The van der Waals surface area contributed by atoms with Gasteiger partial charge < -0.3 is 4.90 Å². The number of halogens is 2. The van der Waals surface area contributed by atoms with E-state index in [1.165, 1.54) is 18.2 Å². The quantitative estimate of drug-likeness (QED) is 0.210. The lowest BCUT2D eigenvalue weighted by Gasteiger charge is -2.31. The first-order valence-electron chi connectivity index (χ1n) is 12.2. The van der Waals surface area contributed by atoms with Crippen molar-refractivity contribution in [2.75, 3.05) is 6.54 Å². The summed E-state index contributed by atoms with van der Waals surface area (Å²) in [5, 5.41) is 0.502. The average molecular weight is 550 g/mol. The number of para-hydroxylation sites is 1. The Morgan fingerprint density at radius 1 is 1.03 bits per heavy atom. The van der Waals surface area contributed by atoms with Crippen LogP contribution >= 0.6 is 15.9 Å². The number of benzene rings is 3. The predicted molar refractivity (Wildman–Crippen MR) is 145 cm³/mol. The van der Waals surface area contributed by atoms with Crippen molar-refractivity contribution in [1.29, 1.82) is 0 Å². The molecule has 0 aliphatic rings. The van der Waals surface area contributed by atoms with Crippen LogP contribution in [0, 0.1) is 5.82 Å². The van der Waals surface area contributed by atoms with Crippen molar-refractivity contribution in [1.82, 2.24) is 14.5 Å². The highest BCUT2D eigenvalue weighted by Gasteiger charge is 2.27. The van der Waals surface area contributed by atoms with Gasteiger partial charge >= 0.3 is 0 Å². The molecule has 0 fully saturated rings. The second kappa shape index (κ2) is 11.6.